The van der Waals surface area contributed by atoms with Crippen molar-refractivity contribution in [3.8, 4) is 0 Å². The zero-order chi connectivity index (χ0) is 40.0. The molecule has 4 aliphatic carbocycles. The Labute approximate surface area is 391 Å². The number of nitrogens with zero attached hydrogens (tertiary/aromatic N) is 8. The number of aliphatic carboxylic acids is 1. The van der Waals surface area contributed by atoms with Crippen LogP contribution in [0.5, 0.6) is 0 Å². The minimum Gasteiger partial charge on any atom is -0.870 e. The average Bonchev–Trinajstić information content (AvgIpc) is 3.61. The molecule has 0 spiro atoms. The van der Waals surface area contributed by atoms with Gasteiger partial charge >= 0.3 is 41.5 Å². The maximum atomic E-state index is 14.6. The summed E-state index contributed by atoms with van der Waals surface area (Å²) in [6, 6.07) is 0.516. The molecule has 2 saturated carbocycles. The second kappa shape index (κ2) is 19.0. The number of carbonyl (C=O) groups excluding carboxylic acids is 1. The number of hydrogen-bond donors (Lipinski definition) is 1. The van der Waals surface area contributed by atoms with Crippen LogP contribution in [0.2, 0.25) is 0 Å². The number of aromatic nitrogens is 4. The molecule has 61 heavy (non-hydrogen) atoms. The summed E-state index contributed by atoms with van der Waals surface area (Å²) in [4.78, 5) is 49.4. The molecule has 2 aromatic rings. The standard InChI is InChI=1S/C21H28F2N4O2.C20H26F2N4O2.Na.H2O.2H2S/c1-12-5-3-4-8-27(12)20-24-18-13(6-7-21(18,22)23)19(25-20)26-10-15-14(16(15)11-26)9-17(28)29-2;1-11-4-2-3-7-26(11)19-23-17-12(5-6-20(17,21)22)18(24-19)25-9-14-13(8-16(27)28)15(14)10-25;;;;/h12,14-16H,3-11H2,1-2H3;11,13-15H,2-10H2,1H3,(H,27,28);;3*1H2/q;;+1;;;/p-1/t12-,14?,15-,16+;11-,13?,14-,15+;;;;/m00..../s1. The van der Waals surface area contributed by atoms with Crippen LogP contribution in [0.3, 0.4) is 0 Å². The van der Waals surface area contributed by atoms with Crippen LogP contribution < -0.4 is 49.2 Å². The molecular weight excluding hydrogens is 848 g/mol. The molecule has 20 heteroatoms. The van der Waals surface area contributed by atoms with E-state index in [-0.39, 0.29) is 117 Å². The van der Waals surface area contributed by atoms with E-state index in [1.807, 2.05) is 0 Å². The van der Waals surface area contributed by atoms with Crippen LogP contribution in [0.4, 0.5) is 41.1 Å². The van der Waals surface area contributed by atoms with Crippen LogP contribution in [0.25, 0.3) is 0 Å². The molecular formula is C41H59F4N8NaO5S2. The Hall–Kier alpha value is -2.32. The second-order valence-electron chi connectivity index (χ2n) is 18.0. The number of ether oxygens (including phenoxy) is 1. The average molecular weight is 907 g/mol. The van der Waals surface area contributed by atoms with Crippen molar-refractivity contribution in [3.63, 3.8) is 0 Å². The fourth-order valence-corrected chi connectivity index (χ4v) is 11.1. The molecule has 2 aromatic heterocycles. The monoisotopic (exact) mass is 906 g/mol. The molecule has 6 fully saturated rings. The van der Waals surface area contributed by atoms with Crippen LogP contribution in [0, 0.1) is 35.5 Å². The molecule has 8 aliphatic rings. The van der Waals surface area contributed by atoms with Crippen molar-refractivity contribution >= 4 is 62.5 Å². The van der Waals surface area contributed by atoms with Crippen LogP contribution in [0.1, 0.15) is 101 Å². The van der Waals surface area contributed by atoms with E-state index in [9.17, 15) is 27.2 Å². The van der Waals surface area contributed by atoms with Crippen molar-refractivity contribution in [1.29, 1.82) is 0 Å². The van der Waals surface area contributed by atoms with Crippen molar-refractivity contribution in [2.75, 3.05) is 66.0 Å². The van der Waals surface area contributed by atoms with Gasteiger partial charge < -0.3 is 34.9 Å². The van der Waals surface area contributed by atoms with Gasteiger partial charge in [0, 0.05) is 88.2 Å². The fraction of sp³-hybridized carbons (Fsp3) is 0.756. The third-order valence-electron chi connectivity index (χ3n) is 14.5. The molecule has 334 valence electrons. The summed E-state index contributed by atoms with van der Waals surface area (Å²) in [6.07, 6.45) is 7.33. The molecule has 2 unspecified atom stereocenters. The number of esters is 1. The van der Waals surface area contributed by atoms with Gasteiger partial charge in [0.15, 0.2) is 0 Å². The smallest absolute Gasteiger partial charge is 0.870 e. The first-order valence-electron chi connectivity index (χ1n) is 21.1. The molecule has 0 amide bonds. The van der Waals surface area contributed by atoms with Crippen molar-refractivity contribution in [2.24, 2.45) is 35.5 Å². The van der Waals surface area contributed by atoms with E-state index < -0.39 is 17.8 Å². The molecule has 0 radical (unpaired) electrons. The summed E-state index contributed by atoms with van der Waals surface area (Å²) in [5.41, 5.74) is 1.05. The van der Waals surface area contributed by atoms with E-state index in [4.69, 9.17) is 19.8 Å². The first kappa shape index (κ1) is 49.7. The molecule has 4 aliphatic heterocycles. The van der Waals surface area contributed by atoms with Crippen LogP contribution in [-0.4, -0.2) is 101 Å². The van der Waals surface area contributed by atoms with Crippen molar-refractivity contribution in [2.45, 2.75) is 115 Å². The zero-order valence-corrected chi connectivity index (χ0v) is 39.6. The number of anilines is 4. The number of fused-ring (bicyclic) bond motifs is 4. The van der Waals surface area contributed by atoms with Gasteiger partial charge in [-0.05, 0) is 101 Å². The molecule has 6 heterocycles. The van der Waals surface area contributed by atoms with Gasteiger partial charge in [0.2, 0.25) is 11.9 Å². The normalized spacial score (nSPS) is 30.4. The van der Waals surface area contributed by atoms with Crippen molar-refractivity contribution in [3.05, 3.63) is 22.5 Å². The third kappa shape index (κ3) is 9.43. The summed E-state index contributed by atoms with van der Waals surface area (Å²) >= 11 is 0. The molecule has 0 bridgehead atoms. The topological polar surface area (TPSA) is 158 Å². The number of carbonyl (C=O) groups is 2. The minimum absolute atomic E-state index is 0. The predicted molar refractivity (Wildman–Crippen MR) is 227 cm³/mol. The van der Waals surface area contributed by atoms with E-state index in [0.717, 1.165) is 64.7 Å². The SMILES string of the molecule is COC(=O)CC1[C@H]2CN(c3nc(N4CCCC[C@@H]4C)nc4c3CCC4(F)F)C[C@@H]12.C[C@H]1CCCCN1c1nc(N2C[C@@H]3C(CC(=O)O)[C@@H]3C2)c2c(n1)C(F)(F)CC2.S.S.[Na+].[OH-]. The molecule has 10 rings (SSSR count). The summed E-state index contributed by atoms with van der Waals surface area (Å²) in [5.74, 6) is -2.30. The Balaban J connectivity index is 0.000000217. The number of halogens is 4. The third-order valence-corrected chi connectivity index (χ3v) is 14.5. The molecule has 8 atom stereocenters. The van der Waals surface area contributed by atoms with Gasteiger partial charge in [-0.3, -0.25) is 9.59 Å². The van der Waals surface area contributed by atoms with Crippen LogP contribution >= 0.6 is 27.0 Å². The van der Waals surface area contributed by atoms with E-state index in [2.05, 4.69) is 43.4 Å². The maximum absolute atomic E-state index is 14.6. The van der Waals surface area contributed by atoms with Crippen molar-refractivity contribution in [1.82, 2.24) is 19.9 Å². The van der Waals surface area contributed by atoms with E-state index in [1.54, 1.807) is 0 Å². The van der Waals surface area contributed by atoms with Crippen LogP contribution in [0.15, 0.2) is 0 Å². The van der Waals surface area contributed by atoms with E-state index in [1.165, 1.54) is 7.11 Å². The van der Waals surface area contributed by atoms with Gasteiger partial charge in [-0.2, -0.15) is 54.5 Å². The number of carboxylic acids is 1. The zero-order valence-electron chi connectivity index (χ0n) is 35.6. The second-order valence-corrected chi connectivity index (χ2v) is 18.0. The van der Waals surface area contributed by atoms with Crippen molar-refractivity contribution < 1.29 is 72.0 Å². The number of rotatable bonds is 8. The summed E-state index contributed by atoms with van der Waals surface area (Å²) in [5, 5.41) is 9.03. The van der Waals surface area contributed by atoms with Gasteiger partial charge in [-0.15, -0.1) is 0 Å². The predicted octanol–water partition coefficient (Wildman–Crippen LogP) is 3.24. The number of methoxy groups -OCH3 is 1. The van der Waals surface area contributed by atoms with Crippen LogP contribution in [-0.2, 0) is 39.0 Å². The molecule has 4 saturated heterocycles. The number of hydrogen-bond acceptors (Lipinski definition) is 12. The summed E-state index contributed by atoms with van der Waals surface area (Å²) in [6.45, 7) is 8.82. The fourth-order valence-electron chi connectivity index (χ4n) is 11.1. The summed E-state index contributed by atoms with van der Waals surface area (Å²) < 4.78 is 63.1. The Morgan fingerprint density at radius 1 is 0.689 bits per heavy atom. The number of alkyl halides is 4. The Morgan fingerprint density at radius 3 is 1.44 bits per heavy atom. The first-order valence-corrected chi connectivity index (χ1v) is 21.1. The Bertz CT molecular complexity index is 1920. The van der Waals surface area contributed by atoms with Gasteiger partial charge in [0.05, 0.1) is 7.11 Å². The van der Waals surface area contributed by atoms with Gasteiger partial charge in [-0.25, -0.2) is 9.97 Å². The van der Waals surface area contributed by atoms with E-state index >= 15 is 0 Å². The van der Waals surface area contributed by atoms with Gasteiger partial charge in [0.1, 0.15) is 23.0 Å². The largest absolute Gasteiger partial charge is 1.00 e. The Kier molecular flexibility index (Phi) is 15.5. The maximum Gasteiger partial charge on any atom is 1.00 e. The van der Waals surface area contributed by atoms with Gasteiger partial charge in [-0.1, -0.05) is 0 Å². The Morgan fingerprint density at radius 2 is 1.08 bits per heavy atom. The molecule has 13 nitrogen and oxygen atoms in total. The molecule has 0 aromatic carbocycles. The number of piperidine rings is 4. The van der Waals surface area contributed by atoms with E-state index in [0.29, 0.717) is 96.6 Å². The quantitative estimate of drug-likeness (QED) is 0.234. The molecule has 2 N–H and O–H groups in total. The summed E-state index contributed by atoms with van der Waals surface area (Å²) in [7, 11) is 1.42. The minimum atomic E-state index is -2.89. The van der Waals surface area contributed by atoms with Gasteiger partial charge in [0.25, 0.3) is 11.8 Å². The first-order chi connectivity index (χ1) is 27.2. The number of carboxylic acid groups (broad SMARTS) is 1.